The standard InChI is InChI=1S/C16H22N4/c1-3-13(15-5-4-9-18-15)19-16-7-6-12-11(2)17-10-8-14(12)20-16/h6-8,10,13,15,18H,3-5,9H2,1-2H3,(H,19,20). The van der Waals surface area contributed by atoms with Crippen LogP contribution in [0.2, 0.25) is 0 Å². The number of hydrogen-bond donors (Lipinski definition) is 2. The second kappa shape index (κ2) is 5.75. The fourth-order valence-corrected chi connectivity index (χ4v) is 3.01. The van der Waals surface area contributed by atoms with Crippen molar-refractivity contribution >= 4 is 16.7 Å². The van der Waals surface area contributed by atoms with E-state index in [0.717, 1.165) is 35.4 Å². The van der Waals surface area contributed by atoms with Crippen LogP contribution in [0, 0.1) is 6.92 Å². The molecule has 0 saturated carbocycles. The van der Waals surface area contributed by atoms with E-state index in [2.05, 4.69) is 34.7 Å². The van der Waals surface area contributed by atoms with Crippen LogP contribution in [0.4, 0.5) is 5.82 Å². The summed E-state index contributed by atoms with van der Waals surface area (Å²) >= 11 is 0. The summed E-state index contributed by atoms with van der Waals surface area (Å²) in [5, 5.41) is 8.29. The van der Waals surface area contributed by atoms with Crippen LogP contribution >= 0.6 is 0 Å². The second-order valence-corrected chi connectivity index (χ2v) is 5.52. The van der Waals surface area contributed by atoms with Crippen LogP contribution in [0.25, 0.3) is 10.9 Å². The van der Waals surface area contributed by atoms with Crippen LogP contribution in [-0.2, 0) is 0 Å². The second-order valence-electron chi connectivity index (χ2n) is 5.52. The molecule has 1 aliphatic heterocycles. The van der Waals surface area contributed by atoms with Gasteiger partial charge in [-0.2, -0.15) is 0 Å². The van der Waals surface area contributed by atoms with Crippen molar-refractivity contribution in [1.29, 1.82) is 0 Å². The molecule has 106 valence electrons. The lowest BCUT2D eigenvalue weighted by atomic mass is 10.0. The highest BCUT2D eigenvalue weighted by Crippen LogP contribution is 2.20. The Bertz CT molecular complexity index is 590. The van der Waals surface area contributed by atoms with Crippen molar-refractivity contribution in [3.63, 3.8) is 0 Å². The quantitative estimate of drug-likeness (QED) is 0.897. The fourth-order valence-electron chi connectivity index (χ4n) is 3.01. The van der Waals surface area contributed by atoms with Gasteiger partial charge in [-0.15, -0.1) is 0 Å². The van der Waals surface area contributed by atoms with E-state index in [9.17, 15) is 0 Å². The maximum atomic E-state index is 4.72. The first kappa shape index (κ1) is 13.3. The lowest BCUT2D eigenvalue weighted by molar-refractivity contribution is 0.498. The van der Waals surface area contributed by atoms with Crippen molar-refractivity contribution in [3.8, 4) is 0 Å². The zero-order valence-electron chi connectivity index (χ0n) is 12.2. The van der Waals surface area contributed by atoms with Crippen molar-refractivity contribution in [3.05, 3.63) is 30.1 Å². The predicted octanol–water partition coefficient (Wildman–Crippen LogP) is 2.88. The molecule has 0 spiro atoms. The summed E-state index contributed by atoms with van der Waals surface area (Å²) in [6, 6.07) is 7.17. The highest BCUT2D eigenvalue weighted by molar-refractivity contribution is 5.82. The largest absolute Gasteiger partial charge is 0.366 e. The number of nitrogens with one attached hydrogen (secondary N) is 2. The average molecular weight is 270 g/mol. The van der Waals surface area contributed by atoms with Crippen LogP contribution in [0.3, 0.4) is 0 Å². The van der Waals surface area contributed by atoms with Crippen molar-refractivity contribution in [1.82, 2.24) is 15.3 Å². The summed E-state index contributed by atoms with van der Waals surface area (Å²) in [6.45, 7) is 5.39. The van der Waals surface area contributed by atoms with Crippen LogP contribution in [0.15, 0.2) is 24.4 Å². The Kier molecular flexibility index (Phi) is 3.83. The van der Waals surface area contributed by atoms with Gasteiger partial charge in [0.05, 0.1) is 5.52 Å². The minimum Gasteiger partial charge on any atom is -0.366 e. The molecule has 2 atom stereocenters. The molecule has 4 heteroatoms. The number of nitrogens with zero attached hydrogens (tertiary/aromatic N) is 2. The molecule has 1 aliphatic rings. The van der Waals surface area contributed by atoms with Gasteiger partial charge in [0.1, 0.15) is 5.82 Å². The third kappa shape index (κ3) is 2.61. The van der Waals surface area contributed by atoms with Gasteiger partial charge in [0.25, 0.3) is 0 Å². The first-order valence-electron chi connectivity index (χ1n) is 7.50. The van der Waals surface area contributed by atoms with E-state index in [-0.39, 0.29) is 0 Å². The van der Waals surface area contributed by atoms with E-state index in [1.807, 2.05) is 19.2 Å². The Morgan fingerprint density at radius 2 is 2.30 bits per heavy atom. The molecule has 0 radical (unpaired) electrons. The minimum atomic E-state index is 0.449. The van der Waals surface area contributed by atoms with E-state index in [1.165, 1.54) is 12.8 Å². The predicted molar refractivity (Wildman–Crippen MR) is 83.0 cm³/mol. The summed E-state index contributed by atoms with van der Waals surface area (Å²) in [5.41, 5.74) is 2.04. The maximum absolute atomic E-state index is 4.72. The molecular weight excluding hydrogens is 248 g/mol. The van der Waals surface area contributed by atoms with Crippen LogP contribution in [0.5, 0.6) is 0 Å². The molecule has 0 amide bonds. The molecule has 0 bridgehead atoms. The molecule has 4 nitrogen and oxygen atoms in total. The smallest absolute Gasteiger partial charge is 0.126 e. The zero-order valence-corrected chi connectivity index (χ0v) is 12.2. The highest BCUT2D eigenvalue weighted by atomic mass is 15.1. The van der Waals surface area contributed by atoms with Crippen molar-refractivity contribution in [2.75, 3.05) is 11.9 Å². The highest BCUT2D eigenvalue weighted by Gasteiger charge is 2.23. The van der Waals surface area contributed by atoms with Gasteiger partial charge in [-0.1, -0.05) is 6.92 Å². The summed E-state index contributed by atoms with van der Waals surface area (Å²) in [6.07, 6.45) is 5.46. The molecule has 2 unspecified atom stereocenters. The average Bonchev–Trinajstić information content (AvgIpc) is 2.99. The first-order chi connectivity index (χ1) is 9.78. The molecule has 1 fully saturated rings. The Hall–Kier alpha value is -1.68. The minimum absolute atomic E-state index is 0.449. The SMILES string of the molecule is CCC(Nc1ccc2c(C)nccc2n1)C1CCCN1. The number of hydrogen-bond acceptors (Lipinski definition) is 4. The van der Waals surface area contributed by atoms with Gasteiger partial charge in [-0.25, -0.2) is 4.98 Å². The normalized spacial score (nSPS) is 20.2. The maximum Gasteiger partial charge on any atom is 0.126 e. The zero-order chi connectivity index (χ0) is 13.9. The summed E-state index contributed by atoms with van der Waals surface area (Å²) in [5.74, 6) is 0.962. The van der Waals surface area contributed by atoms with E-state index >= 15 is 0 Å². The van der Waals surface area contributed by atoms with Gasteiger partial charge in [0.2, 0.25) is 0 Å². The molecule has 0 aliphatic carbocycles. The van der Waals surface area contributed by atoms with Gasteiger partial charge >= 0.3 is 0 Å². The van der Waals surface area contributed by atoms with Gasteiger partial charge in [0.15, 0.2) is 0 Å². The van der Waals surface area contributed by atoms with Crippen LogP contribution in [0.1, 0.15) is 31.9 Å². The Balaban J connectivity index is 1.82. The molecule has 2 N–H and O–H groups in total. The Morgan fingerprint density at radius 3 is 3.05 bits per heavy atom. The monoisotopic (exact) mass is 270 g/mol. The number of fused-ring (bicyclic) bond motifs is 1. The Labute approximate surface area is 120 Å². The number of rotatable bonds is 4. The third-order valence-electron chi connectivity index (χ3n) is 4.17. The van der Waals surface area contributed by atoms with E-state index in [0.29, 0.717) is 12.1 Å². The van der Waals surface area contributed by atoms with Gasteiger partial charge in [-0.05, 0) is 50.9 Å². The lowest BCUT2D eigenvalue weighted by Gasteiger charge is -2.24. The van der Waals surface area contributed by atoms with E-state index in [1.54, 1.807) is 0 Å². The van der Waals surface area contributed by atoms with Gasteiger partial charge in [-0.3, -0.25) is 4.98 Å². The van der Waals surface area contributed by atoms with Crippen molar-refractivity contribution < 1.29 is 0 Å². The molecule has 0 aromatic carbocycles. The molecule has 3 heterocycles. The van der Waals surface area contributed by atoms with Crippen LogP contribution in [-0.4, -0.2) is 28.6 Å². The number of aromatic nitrogens is 2. The van der Waals surface area contributed by atoms with Crippen molar-refractivity contribution in [2.45, 2.75) is 45.2 Å². The third-order valence-corrected chi connectivity index (χ3v) is 4.17. The molecule has 2 aromatic rings. The lowest BCUT2D eigenvalue weighted by Crippen LogP contribution is -2.39. The summed E-state index contributed by atoms with van der Waals surface area (Å²) < 4.78 is 0. The molecule has 20 heavy (non-hydrogen) atoms. The van der Waals surface area contributed by atoms with E-state index in [4.69, 9.17) is 4.98 Å². The fraction of sp³-hybridized carbons (Fsp3) is 0.500. The van der Waals surface area contributed by atoms with Gasteiger partial charge < -0.3 is 10.6 Å². The van der Waals surface area contributed by atoms with Crippen LogP contribution < -0.4 is 10.6 Å². The number of anilines is 1. The molecular formula is C16H22N4. The number of aryl methyl sites for hydroxylation is 1. The number of pyridine rings is 2. The van der Waals surface area contributed by atoms with E-state index < -0.39 is 0 Å². The summed E-state index contributed by atoms with van der Waals surface area (Å²) in [7, 11) is 0. The topological polar surface area (TPSA) is 49.8 Å². The first-order valence-corrected chi connectivity index (χ1v) is 7.50. The molecule has 2 aromatic heterocycles. The van der Waals surface area contributed by atoms with Gasteiger partial charge in [0, 0.05) is 29.4 Å². The molecule has 1 saturated heterocycles. The Morgan fingerprint density at radius 1 is 1.40 bits per heavy atom. The summed E-state index contributed by atoms with van der Waals surface area (Å²) in [4.78, 5) is 9.02. The van der Waals surface area contributed by atoms with Crippen molar-refractivity contribution in [2.24, 2.45) is 0 Å². The molecule has 3 rings (SSSR count).